The van der Waals surface area contributed by atoms with Crippen LogP contribution in [0.4, 0.5) is 0 Å². The van der Waals surface area contributed by atoms with Crippen LogP contribution in [0.5, 0.6) is 5.75 Å². The summed E-state index contributed by atoms with van der Waals surface area (Å²) in [7, 11) is 1.60. The molecule has 0 radical (unpaired) electrons. The molecule has 4 nitrogen and oxygen atoms in total. The second-order valence-electron chi connectivity index (χ2n) is 5.52. The minimum Gasteiger partial charge on any atom is -0.496 e. The lowest BCUT2D eigenvalue weighted by Gasteiger charge is -2.23. The Morgan fingerprint density at radius 1 is 1.45 bits per heavy atom. The fraction of sp³-hybridized carbons (Fsp3) is 0.562. The molecular weight excluding hydrogens is 254 g/mol. The van der Waals surface area contributed by atoms with Gasteiger partial charge in [-0.25, -0.2) is 0 Å². The van der Waals surface area contributed by atoms with Crippen LogP contribution in [-0.2, 0) is 11.2 Å². The van der Waals surface area contributed by atoms with E-state index in [2.05, 4.69) is 5.32 Å². The molecule has 0 heterocycles. The summed E-state index contributed by atoms with van der Waals surface area (Å²) in [6.45, 7) is 6.00. The molecule has 1 unspecified atom stereocenters. The Labute approximate surface area is 121 Å². The third-order valence-electron chi connectivity index (χ3n) is 3.24. The lowest BCUT2D eigenvalue weighted by Crippen LogP contribution is -2.41. The molecule has 0 bridgehead atoms. The van der Waals surface area contributed by atoms with Crippen molar-refractivity contribution in [1.29, 1.82) is 0 Å². The van der Waals surface area contributed by atoms with Crippen LogP contribution in [0.25, 0.3) is 0 Å². The summed E-state index contributed by atoms with van der Waals surface area (Å²) >= 11 is 0. The number of amides is 1. The average molecular weight is 279 g/mol. The van der Waals surface area contributed by atoms with Crippen molar-refractivity contribution in [3.05, 3.63) is 29.3 Å². The molecule has 112 valence electrons. The minimum atomic E-state index is -0.846. The molecule has 0 aromatic heterocycles. The molecule has 1 rings (SSSR count). The molecule has 1 atom stereocenters. The first kappa shape index (κ1) is 16.5. The molecule has 0 spiro atoms. The fourth-order valence-corrected chi connectivity index (χ4v) is 2.20. The number of rotatable bonds is 7. The highest BCUT2D eigenvalue weighted by Gasteiger charge is 2.20. The Morgan fingerprint density at radius 3 is 2.75 bits per heavy atom. The number of hydrogen-bond donors (Lipinski definition) is 2. The van der Waals surface area contributed by atoms with Gasteiger partial charge < -0.3 is 15.2 Å². The summed E-state index contributed by atoms with van der Waals surface area (Å²) in [6.07, 6.45) is 1.81. The molecule has 0 saturated heterocycles. The molecule has 0 aliphatic heterocycles. The third kappa shape index (κ3) is 5.21. The second-order valence-corrected chi connectivity index (χ2v) is 5.52. The summed E-state index contributed by atoms with van der Waals surface area (Å²) in [4.78, 5) is 12.0. The van der Waals surface area contributed by atoms with Crippen molar-refractivity contribution in [2.45, 2.75) is 45.6 Å². The van der Waals surface area contributed by atoms with Crippen LogP contribution in [0.3, 0.4) is 0 Å². The first-order valence-corrected chi connectivity index (χ1v) is 7.00. The highest BCUT2D eigenvalue weighted by atomic mass is 16.5. The summed E-state index contributed by atoms with van der Waals surface area (Å²) < 4.78 is 5.26. The Balaban J connectivity index is 2.61. The predicted octanol–water partition coefficient (Wildman–Crippen LogP) is 2.21. The smallest absolute Gasteiger partial charge is 0.224 e. The topological polar surface area (TPSA) is 58.6 Å². The minimum absolute atomic E-state index is 0.106. The standard InChI is InChI=1S/C16H25NO3/c1-5-8-16(3,19)11-17-15(18)10-13-9-12(2)6-7-14(13)20-4/h6-7,9,19H,5,8,10-11H2,1-4H3,(H,17,18). The molecule has 1 aromatic carbocycles. The van der Waals surface area contributed by atoms with Crippen LogP contribution in [-0.4, -0.2) is 30.3 Å². The molecule has 0 aliphatic carbocycles. The quantitative estimate of drug-likeness (QED) is 0.804. The van der Waals surface area contributed by atoms with Crippen LogP contribution in [0.1, 0.15) is 37.8 Å². The number of benzene rings is 1. The fourth-order valence-electron chi connectivity index (χ4n) is 2.20. The van der Waals surface area contributed by atoms with Gasteiger partial charge in [-0.05, 0) is 26.3 Å². The van der Waals surface area contributed by atoms with Gasteiger partial charge in [0.1, 0.15) is 5.75 Å². The number of ether oxygens (including phenoxy) is 1. The molecule has 0 aliphatic rings. The number of nitrogens with one attached hydrogen (secondary N) is 1. The van der Waals surface area contributed by atoms with Crippen molar-refractivity contribution >= 4 is 5.91 Å². The van der Waals surface area contributed by atoms with Gasteiger partial charge in [-0.2, -0.15) is 0 Å². The molecule has 2 N–H and O–H groups in total. The number of hydrogen-bond acceptors (Lipinski definition) is 3. The van der Waals surface area contributed by atoms with E-state index in [1.165, 1.54) is 0 Å². The molecule has 4 heteroatoms. The third-order valence-corrected chi connectivity index (χ3v) is 3.24. The Bertz CT molecular complexity index is 455. The van der Waals surface area contributed by atoms with E-state index in [9.17, 15) is 9.90 Å². The maximum Gasteiger partial charge on any atom is 0.224 e. The van der Waals surface area contributed by atoms with Crippen LogP contribution in [0, 0.1) is 6.92 Å². The maximum atomic E-state index is 12.0. The molecule has 0 saturated carbocycles. The van der Waals surface area contributed by atoms with Crippen LogP contribution in [0.15, 0.2) is 18.2 Å². The van der Waals surface area contributed by atoms with Crippen molar-refractivity contribution in [2.24, 2.45) is 0 Å². The van der Waals surface area contributed by atoms with Crippen molar-refractivity contribution < 1.29 is 14.6 Å². The molecule has 1 aromatic rings. The van der Waals surface area contributed by atoms with Gasteiger partial charge in [0.25, 0.3) is 0 Å². The Kier molecular flexibility index (Phi) is 6.02. The van der Waals surface area contributed by atoms with Gasteiger partial charge in [0.2, 0.25) is 5.91 Å². The average Bonchev–Trinajstić information content (AvgIpc) is 2.37. The van der Waals surface area contributed by atoms with Gasteiger partial charge in [-0.3, -0.25) is 4.79 Å². The van der Waals surface area contributed by atoms with Crippen LogP contribution in [0.2, 0.25) is 0 Å². The first-order valence-electron chi connectivity index (χ1n) is 7.00. The number of aliphatic hydroxyl groups is 1. The molecular formula is C16H25NO3. The zero-order valence-electron chi connectivity index (χ0n) is 12.8. The van der Waals surface area contributed by atoms with E-state index in [1.807, 2.05) is 32.0 Å². The van der Waals surface area contributed by atoms with E-state index in [0.717, 1.165) is 17.5 Å². The van der Waals surface area contributed by atoms with Crippen LogP contribution >= 0.6 is 0 Å². The molecule has 0 fully saturated rings. The largest absolute Gasteiger partial charge is 0.496 e. The number of methoxy groups -OCH3 is 1. The molecule has 1 amide bonds. The van der Waals surface area contributed by atoms with Crippen molar-refractivity contribution in [1.82, 2.24) is 5.32 Å². The lowest BCUT2D eigenvalue weighted by atomic mass is 10.0. The Morgan fingerprint density at radius 2 is 2.15 bits per heavy atom. The van der Waals surface area contributed by atoms with Gasteiger partial charge in [-0.1, -0.05) is 31.0 Å². The van der Waals surface area contributed by atoms with Gasteiger partial charge >= 0.3 is 0 Å². The summed E-state index contributed by atoms with van der Waals surface area (Å²) in [5, 5.41) is 12.8. The van der Waals surface area contributed by atoms with E-state index in [0.29, 0.717) is 12.2 Å². The van der Waals surface area contributed by atoms with Gasteiger partial charge in [0, 0.05) is 12.1 Å². The van der Waals surface area contributed by atoms with Gasteiger partial charge in [-0.15, -0.1) is 0 Å². The van der Waals surface area contributed by atoms with Crippen LogP contribution < -0.4 is 10.1 Å². The number of carbonyl (C=O) groups excluding carboxylic acids is 1. The van der Waals surface area contributed by atoms with Gasteiger partial charge in [0.15, 0.2) is 0 Å². The van der Waals surface area contributed by atoms with E-state index >= 15 is 0 Å². The molecule has 20 heavy (non-hydrogen) atoms. The summed E-state index contributed by atoms with van der Waals surface area (Å²) in [5.41, 5.74) is 1.10. The highest BCUT2D eigenvalue weighted by molar-refractivity contribution is 5.79. The number of aryl methyl sites for hydroxylation is 1. The summed E-state index contributed by atoms with van der Waals surface area (Å²) in [5.74, 6) is 0.608. The normalized spacial score (nSPS) is 13.7. The van der Waals surface area contributed by atoms with E-state index in [-0.39, 0.29) is 18.9 Å². The lowest BCUT2D eigenvalue weighted by molar-refractivity contribution is -0.121. The second kappa shape index (κ2) is 7.29. The van der Waals surface area contributed by atoms with E-state index < -0.39 is 5.60 Å². The van der Waals surface area contributed by atoms with Gasteiger partial charge in [0.05, 0.1) is 19.1 Å². The maximum absolute atomic E-state index is 12.0. The highest BCUT2D eigenvalue weighted by Crippen LogP contribution is 2.20. The zero-order valence-corrected chi connectivity index (χ0v) is 12.8. The van der Waals surface area contributed by atoms with E-state index in [1.54, 1.807) is 14.0 Å². The predicted molar refractivity (Wildman–Crippen MR) is 80.0 cm³/mol. The SMILES string of the molecule is CCCC(C)(O)CNC(=O)Cc1cc(C)ccc1OC. The van der Waals surface area contributed by atoms with E-state index in [4.69, 9.17) is 4.74 Å². The van der Waals surface area contributed by atoms with Crippen molar-refractivity contribution in [3.63, 3.8) is 0 Å². The monoisotopic (exact) mass is 279 g/mol. The van der Waals surface area contributed by atoms with Crippen molar-refractivity contribution in [2.75, 3.05) is 13.7 Å². The first-order chi connectivity index (χ1) is 9.38. The Hall–Kier alpha value is -1.55. The zero-order chi connectivity index (χ0) is 15.2. The number of carbonyl (C=O) groups is 1. The summed E-state index contributed by atoms with van der Waals surface area (Å²) in [6, 6.07) is 5.76. The van der Waals surface area contributed by atoms with Crippen molar-refractivity contribution in [3.8, 4) is 5.75 Å².